The number of primary amides is 1. The van der Waals surface area contributed by atoms with E-state index in [0.29, 0.717) is 15.9 Å². The topological polar surface area (TPSA) is 180 Å². The zero-order chi connectivity index (χ0) is 22.5. The first-order valence-electron chi connectivity index (χ1n) is 8.43. The van der Waals surface area contributed by atoms with Crippen LogP contribution in [-0.4, -0.2) is 46.1 Å². The van der Waals surface area contributed by atoms with E-state index < -0.39 is 35.2 Å². The Labute approximate surface area is 187 Å². The van der Waals surface area contributed by atoms with Crippen molar-refractivity contribution in [3.63, 3.8) is 0 Å². The molecule has 1 aliphatic heterocycles. The Morgan fingerprint density at radius 3 is 2.52 bits per heavy atom. The summed E-state index contributed by atoms with van der Waals surface area (Å²) in [6, 6.07) is 8.85. The van der Waals surface area contributed by atoms with Crippen LogP contribution in [0.4, 0.5) is 5.69 Å². The van der Waals surface area contributed by atoms with Crippen LogP contribution in [-0.2, 0) is 9.59 Å². The Morgan fingerprint density at radius 2 is 1.94 bits per heavy atom. The summed E-state index contributed by atoms with van der Waals surface area (Å²) in [4.78, 5) is 54.8. The van der Waals surface area contributed by atoms with Gasteiger partial charge in [0.1, 0.15) is 0 Å². The van der Waals surface area contributed by atoms with E-state index in [1.807, 2.05) is 0 Å². The standard InChI is InChI=1S/C18H13BrN6O5S/c19-11-6-5-10(30-11)16(28)23-13-14(20)24-18(25-17(13)29)31-7-12(26)22-9-3-1-8(2-4-9)15(21)27/h1-6H,7H2,(H2,21,27)(H,22,26)(H2,20,24,25,29). The van der Waals surface area contributed by atoms with Crippen LogP contribution in [0.5, 0.6) is 0 Å². The molecule has 158 valence electrons. The molecule has 0 radical (unpaired) electrons. The smallest absolute Gasteiger partial charge is 0.313 e. The van der Waals surface area contributed by atoms with E-state index in [-0.39, 0.29) is 16.7 Å². The Morgan fingerprint density at radius 1 is 1.23 bits per heavy atom. The van der Waals surface area contributed by atoms with Gasteiger partial charge in [-0.05, 0) is 52.3 Å². The molecular weight excluding hydrogens is 492 g/mol. The number of hydrogen-bond donors (Lipinski definition) is 4. The molecule has 1 aromatic heterocycles. The molecule has 11 nitrogen and oxygen atoms in total. The van der Waals surface area contributed by atoms with Crippen LogP contribution in [0.25, 0.3) is 0 Å². The van der Waals surface area contributed by atoms with E-state index in [9.17, 15) is 19.2 Å². The fourth-order valence-electron chi connectivity index (χ4n) is 2.25. The Bertz CT molecular complexity index is 1150. The second kappa shape index (κ2) is 9.49. The molecule has 0 fully saturated rings. The van der Waals surface area contributed by atoms with E-state index in [2.05, 4.69) is 36.5 Å². The van der Waals surface area contributed by atoms with E-state index in [0.717, 1.165) is 11.8 Å². The molecule has 0 bridgehead atoms. The minimum Gasteiger partial charge on any atom is -0.444 e. The predicted octanol–water partition coefficient (Wildman–Crippen LogP) is 1.56. The van der Waals surface area contributed by atoms with Gasteiger partial charge in [0, 0.05) is 11.3 Å². The number of carbonyl (C=O) groups is 4. The fraction of sp³-hybridized carbons (Fsp3) is 0.0556. The summed E-state index contributed by atoms with van der Waals surface area (Å²) in [7, 11) is 0. The van der Waals surface area contributed by atoms with E-state index in [1.165, 1.54) is 36.4 Å². The predicted molar refractivity (Wildman–Crippen MR) is 118 cm³/mol. The van der Waals surface area contributed by atoms with Gasteiger partial charge in [-0.25, -0.2) is 4.99 Å². The van der Waals surface area contributed by atoms with Crippen LogP contribution in [0, 0.1) is 5.41 Å². The molecule has 3 rings (SSSR count). The number of nitrogens with two attached hydrogens (primary N) is 1. The van der Waals surface area contributed by atoms with Crippen molar-refractivity contribution >= 4 is 73.7 Å². The normalized spacial score (nSPS) is 14.7. The number of amides is 4. The molecule has 0 aliphatic carbocycles. The van der Waals surface area contributed by atoms with Crippen LogP contribution in [0.3, 0.4) is 0 Å². The highest BCUT2D eigenvalue weighted by Gasteiger charge is 2.27. The largest absolute Gasteiger partial charge is 0.444 e. The summed E-state index contributed by atoms with van der Waals surface area (Å²) < 4.78 is 5.38. The van der Waals surface area contributed by atoms with Gasteiger partial charge in [0.05, 0.1) is 5.75 Å². The van der Waals surface area contributed by atoms with Gasteiger partial charge in [-0.3, -0.25) is 29.9 Å². The summed E-state index contributed by atoms with van der Waals surface area (Å²) in [5.41, 5.74) is 5.45. The van der Waals surface area contributed by atoms with Crippen molar-refractivity contribution in [1.29, 1.82) is 5.41 Å². The second-order valence-electron chi connectivity index (χ2n) is 5.87. The number of benzene rings is 1. The van der Waals surface area contributed by atoms with E-state index in [1.54, 1.807) is 0 Å². The zero-order valence-corrected chi connectivity index (χ0v) is 17.9. The molecule has 2 aromatic rings. The van der Waals surface area contributed by atoms with Gasteiger partial charge < -0.3 is 15.5 Å². The van der Waals surface area contributed by atoms with Gasteiger partial charge in [0.2, 0.25) is 11.8 Å². The lowest BCUT2D eigenvalue weighted by molar-refractivity contribution is -0.114. The maximum Gasteiger partial charge on any atom is 0.313 e. The summed E-state index contributed by atoms with van der Waals surface area (Å²) in [5, 5.41) is 12.9. The molecule has 0 atom stereocenters. The number of hydrogen-bond acceptors (Lipinski definition) is 7. The number of amidine groups is 2. The minimum atomic E-state index is -0.839. The van der Waals surface area contributed by atoms with Crippen LogP contribution in [0.2, 0.25) is 0 Å². The third-order valence-electron chi connectivity index (χ3n) is 3.66. The average molecular weight is 505 g/mol. The highest BCUT2D eigenvalue weighted by molar-refractivity contribution is 9.10. The molecule has 0 saturated carbocycles. The minimum absolute atomic E-state index is 0.0152. The van der Waals surface area contributed by atoms with Gasteiger partial charge in [-0.2, -0.15) is 4.99 Å². The Balaban J connectivity index is 1.58. The average Bonchev–Trinajstić information content (AvgIpc) is 3.16. The molecular formula is C18H13BrN6O5S. The molecule has 0 spiro atoms. The van der Waals surface area contributed by atoms with Crippen molar-refractivity contribution in [2.45, 2.75) is 0 Å². The van der Waals surface area contributed by atoms with Crippen molar-refractivity contribution < 1.29 is 23.6 Å². The van der Waals surface area contributed by atoms with Crippen molar-refractivity contribution in [3.05, 3.63) is 52.4 Å². The van der Waals surface area contributed by atoms with Crippen molar-refractivity contribution in [2.24, 2.45) is 15.7 Å². The number of halogens is 1. The van der Waals surface area contributed by atoms with Gasteiger partial charge in [0.25, 0.3) is 5.91 Å². The third-order valence-corrected chi connectivity index (χ3v) is 4.96. The highest BCUT2D eigenvalue weighted by Crippen LogP contribution is 2.16. The molecule has 13 heteroatoms. The first-order valence-corrected chi connectivity index (χ1v) is 10.2. The second-order valence-corrected chi connectivity index (χ2v) is 7.61. The van der Waals surface area contributed by atoms with Crippen molar-refractivity contribution in [1.82, 2.24) is 5.32 Å². The van der Waals surface area contributed by atoms with Crippen LogP contribution in [0.15, 0.2) is 55.5 Å². The summed E-state index contributed by atoms with van der Waals surface area (Å²) in [5.74, 6) is -3.37. The maximum atomic E-state index is 12.2. The molecule has 2 heterocycles. The van der Waals surface area contributed by atoms with E-state index >= 15 is 0 Å². The number of carbonyl (C=O) groups excluding carboxylic acids is 4. The van der Waals surface area contributed by atoms with Crippen molar-refractivity contribution in [2.75, 3.05) is 11.1 Å². The Kier molecular flexibility index (Phi) is 6.77. The lowest BCUT2D eigenvalue weighted by Crippen LogP contribution is -2.43. The summed E-state index contributed by atoms with van der Waals surface area (Å²) in [6.45, 7) is 0. The first-order chi connectivity index (χ1) is 14.7. The van der Waals surface area contributed by atoms with Crippen LogP contribution in [0.1, 0.15) is 20.9 Å². The molecule has 1 aliphatic rings. The molecule has 4 amide bonds. The lowest BCUT2D eigenvalue weighted by Gasteiger charge is -2.14. The number of nitrogens with one attached hydrogen (secondary N) is 3. The molecule has 0 saturated heterocycles. The van der Waals surface area contributed by atoms with E-state index in [4.69, 9.17) is 15.6 Å². The SMILES string of the molecule is N=C1N=C(SCC(=O)Nc2ccc(C(N)=O)cc2)NC(=O)C1=NC(=O)c1ccc(Br)o1. The van der Waals surface area contributed by atoms with Gasteiger partial charge in [-0.1, -0.05) is 11.8 Å². The zero-order valence-electron chi connectivity index (χ0n) is 15.5. The fourth-order valence-corrected chi connectivity index (χ4v) is 3.22. The maximum absolute atomic E-state index is 12.2. The quantitative estimate of drug-likeness (QED) is 0.479. The number of thioether (sulfide) groups is 1. The monoisotopic (exact) mass is 504 g/mol. The summed E-state index contributed by atoms with van der Waals surface area (Å²) >= 11 is 3.94. The lowest BCUT2D eigenvalue weighted by atomic mass is 10.2. The summed E-state index contributed by atoms with van der Waals surface area (Å²) in [6.07, 6.45) is 0. The highest BCUT2D eigenvalue weighted by atomic mass is 79.9. The molecule has 1 aromatic carbocycles. The van der Waals surface area contributed by atoms with Gasteiger partial charge in [0.15, 0.2) is 27.1 Å². The Hall–Kier alpha value is -3.58. The number of aliphatic imine (C=N–C) groups is 2. The number of nitrogens with zero attached hydrogens (tertiary/aromatic N) is 2. The molecule has 5 N–H and O–H groups in total. The number of anilines is 1. The molecule has 31 heavy (non-hydrogen) atoms. The van der Waals surface area contributed by atoms with Gasteiger partial charge in [-0.15, -0.1) is 0 Å². The van der Waals surface area contributed by atoms with Crippen molar-refractivity contribution in [3.8, 4) is 0 Å². The number of furan rings is 1. The van der Waals surface area contributed by atoms with Crippen LogP contribution >= 0.6 is 27.7 Å². The van der Waals surface area contributed by atoms with Gasteiger partial charge >= 0.3 is 5.91 Å². The molecule has 0 unspecified atom stereocenters. The number of rotatable bonds is 5. The third kappa shape index (κ3) is 5.73. The van der Waals surface area contributed by atoms with Crippen LogP contribution < -0.4 is 16.4 Å². The first kappa shape index (κ1) is 22.1.